The van der Waals surface area contributed by atoms with Crippen LogP contribution >= 0.6 is 0 Å². The number of hydrogen-bond acceptors (Lipinski definition) is 5. The monoisotopic (exact) mass is 359 g/mol. The first-order chi connectivity index (χ1) is 11.8. The number of pyridine rings is 1. The Morgan fingerprint density at radius 1 is 1.20 bits per heavy atom. The molecule has 7 nitrogen and oxygen atoms in total. The Balaban J connectivity index is 1.69. The number of alkyl halides is 3. The van der Waals surface area contributed by atoms with Gasteiger partial charge in [0.1, 0.15) is 5.82 Å². The zero-order chi connectivity index (χ0) is 18.4. The molecular weight excluding hydrogens is 339 g/mol. The predicted octanol–water partition coefficient (Wildman–Crippen LogP) is 0.675. The fourth-order valence-electron chi connectivity index (χ4n) is 2.56. The van der Waals surface area contributed by atoms with E-state index in [0.717, 1.165) is 5.82 Å². The van der Waals surface area contributed by atoms with Crippen molar-refractivity contribution in [2.24, 2.45) is 5.92 Å². The summed E-state index contributed by atoms with van der Waals surface area (Å²) in [6, 6.07) is 3.58. The summed E-state index contributed by atoms with van der Waals surface area (Å²) in [6.07, 6.45) is -2.10. The van der Waals surface area contributed by atoms with Crippen molar-refractivity contribution in [2.45, 2.75) is 19.0 Å². The van der Waals surface area contributed by atoms with Crippen LogP contribution in [0, 0.1) is 5.92 Å². The first kappa shape index (κ1) is 18.8. The summed E-state index contributed by atoms with van der Waals surface area (Å²) in [5.41, 5.74) is 6.18. The minimum atomic E-state index is -4.91. The quantitative estimate of drug-likeness (QED) is 0.671. The van der Waals surface area contributed by atoms with Gasteiger partial charge in [-0.3, -0.25) is 9.59 Å². The summed E-state index contributed by atoms with van der Waals surface area (Å²) in [6.45, 7) is 0.998. The van der Waals surface area contributed by atoms with E-state index in [1.165, 1.54) is 0 Å². The molecule has 0 radical (unpaired) electrons. The summed E-state index contributed by atoms with van der Waals surface area (Å²) in [5.74, 6) is -1.64. The van der Waals surface area contributed by atoms with Gasteiger partial charge in [-0.2, -0.15) is 13.2 Å². The van der Waals surface area contributed by atoms with Gasteiger partial charge < -0.3 is 21.3 Å². The van der Waals surface area contributed by atoms with E-state index in [4.69, 9.17) is 5.73 Å². The average molecular weight is 359 g/mol. The smallest absolute Gasteiger partial charge is 0.397 e. The third-order valence-electron chi connectivity index (χ3n) is 3.93. The number of rotatable bonds is 5. The lowest BCUT2D eigenvalue weighted by molar-refractivity contribution is -0.173. The summed E-state index contributed by atoms with van der Waals surface area (Å²) in [4.78, 5) is 29.0. The third kappa shape index (κ3) is 5.50. The lowest BCUT2D eigenvalue weighted by Gasteiger charge is -2.32. The minimum absolute atomic E-state index is 0.0413. The molecule has 10 heteroatoms. The number of nitrogens with one attached hydrogen (secondary N) is 2. The van der Waals surface area contributed by atoms with Crippen LogP contribution in [0.1, 0.15) is 12.8 Å². The van der Waals surface area contributed by atoms with Crippen LogP contribution < -0.4 is 21.3 Å². The normalized spacial score (nSPS) is 15.7. The van der Waals surface area contributed by atoms with Crippen LogP contribution in [-0.4, -0.2) is 49.2 Å². The molecule has 2 rings (SSSR count). The maximum absolute atomic E-state index is 12.0. The van der Waals surface area contributed by atoms with E-state index in [0.29, 0.717) is 31.6 Å². The molecule has 4 N–H and O–H groups in total. The van der Waals surface area contributed by atoms with Crippen LogP contribution in [0.2, 0.25) is 0 Å². The fraction of sp³-hybridized carbons (Fsp3) is 0.533. The van der Waals surface area contributed by atoms with Crippen LogP contribution in [0.4, 0.5) is 24.7 Å². The number of hydrogen-bond donors (Lipinski definition) is 3. The van der Waals surface area contributed by atoms with Crippen molar-refractivity contribution in [1.82, 2.24) is 15.6 Å². The summed E-state index contributed by atoms with van der Waals surface area (Å²) < 4.78 is 36.0. The molecule has 0 bridgehead atoms. The number of nitrogens with zero attached hydrogens (tertiary/aromatic N) is 2. The lowest BCUT2D eigenvalue weighted by Crippen LogP contribution is -2.44. The lowest BCUT2D eigenvalue weighted by atomic mass is 9.96. The van der Waals surface area contributed by atoms with Crippen molar-refractivity contribution >= 4 is 23.3 Å². The van der Waals surface area contributed by atoms with Crippen molar-refractivity contribution in [2.75, 3.05) is 36.8 Å². The van der Waals surface area contributed by atoms with Crippen LogP contribution in [0.15, 0.2) is 18.3 Å². The molecule has 138 valence electrons. The van der Waals surface area contributed by atoms with Gasteiger partial charge in [-0.05, 0) is 25.0 Å². The Morgan fingerprint density at radius 2 is 1.84 bits per heavy atom. The topological polar surface area (TPSA) is 100 Å². The Kier molecular flexibility index (Phi) is 6.05. The number of amides is 2. The summed E-state index contributed by atoms with van der Waals surface area (Å²) in [7, 11) is 0. The maximum atomic E-state index is 12.0. The molecule has 0 atom stereocenters. The number of carbonyl (C=O) groups excluding carboxylic acids is 2. The van der Waals surface area contributed by atoms with Gasteiger partial charge in [-0.15, -0.1) is 0 Å². The van der Waals surface area contributed by atoms with Gasteiger partial charge in [0.05, 0.1) is 11.9 Å². The number of carbonyl (C=O) groups is 2. The number of nitrogens with two attached hydrogens (primary N) is 1. The number of anilines is 2. The van der Waals surface area contributed by atoms with E-state index in [1.54, 1.807) is 17.6 Å². The third-order valence-corrected chi connectivity index (χ3v) is 3.93. The van der Waals surface area contributed by atoms with Crippen molar-refractivity contribution in [3.63, 3.8) is 0 Å². The average Bonchev–Trinajstić information content (AvgIpc) is 2.58. The summed E-state index contributed by atoms with van der Waals surface area (Å²) >= 11 is 0. The van der Waals surface area contributed by atoms with Crippen LogP contribution in [0.25, 0.3) is 0 Å². The Labute approximate surface area is 142 Å². The van der Waals surface area contributed by atoms with Crippen LogP contribution in [0.3, 0.4) is 0 Å². The molecule has 1 aliphatic rings. The maximum Gasteiger partial charge on any atom is 0.471 e. The van der Waals surface area contributed by atoms with Crippen molar-refractivity contribution in [1.29, 1.82) is 0 Å². The molecule has 1 aromatic rings. The molecule has 0 aromatic carbocycles. The highest BCUT2D eigenvalue weighted by atomic mass is 19.4. The molecule has 25 heavy (non-hydrogen) atoms. The van der Waals surface area contributed by atoms with Gasteiger partial charge in [-0.1, -0.05) is 0 Å². The SMILES string of the molecule is Nc1ccc(N2CCC(C(=O)NCCNC(=O)C(F)(F)F)CC2)nc1. The second-order valence-electron chi connectivity index (χ2n) is 5.76. The largest absolute Gasteiger partial charge is 0.471 e. The van der Waals surface area contributed by atoms with E-state index in [-0.39, 0.29) is 24.9 Å². The second kappa shape index (κ2) is 8.04. The molecule has 0 spiro atoms. The Hall–Kier alpha value is -2.52. The molecule has 2 heterocycles. The Bertz CT molecular complexity index is 598. The van der Waals surface area contributed by atoms with Gasteiger partial charge in [0.25, 0.3) is 0 Å². The highest BCUT2D eigenvalue weighted by Gasteiger charge is 2.38. The van der Waals surface area contributed by atoms with Crippen molar-refractivity contribution in [3.8, 4) is 0 Å². The molecule has 1 fully saturated rings. The van der Waals surface area contributed by atoms with Gasteiger partial charge in [0.15, 0.2) is 0 Å². The number of halogens is 3. The van der Waals surface area contributed by atoms with Gasteiger partial charge in [0.2, 0.25) is 5.91 Å². The van der Waals surface area contributed by atoms with E-state index in [1.807, 2.05) is 11.0 Å². The number of nitrogen functional groups attached to an aromatic ring is 1. The number of piperidine rings is 1. The minimum Gasteiger partial charge on any atom is -0.397 e. The zero-order valence-electron chi connectivity index (χ0n) is 13.5. The highest BCUT2D eigenvalue weighted by Crippen LogP contribution is 2.22. The summed E-state index contributed by atoms with van der Waals surface area (Å²) in [5, 5.41) is 4.26. The van der Waals surface area contributed by atoms with E-state index < -0.39 is 12.1 Å². The van der Waals surface area contributed by atoms with Gasteiger partial charge >= 0.3 is 12.1 Å². The first-order valence-corrected chi connectivity index (χ1v) is 7.86. The predicted molar refractivity (Wildman–Crippen MR) is 85.7 cm³/mol. The molecule has 0 unspecified atom stereocenters. The van der Waals surface area contributed by atoms with Crippen LogP contribution in [-0.2, 0) is 9.59 Å². The second-order valence-corrected chi connectivity index (χ2v) is 5.76. The first-order valence-electron chi connectivity index (χ1n) is 7.86. The Morgan fingerprint density at radius 3 is 2.40 bits per heavy atom. The number of aromatic nitrogens is 1. The molecule has 1 saturated heterocycles. The highest BCUT2D eigenvalue weighted by molar-refractivity contribution is 5.82. The van der Waals surface area contributed by atoms with E-state index >= 15 is 0 Å². The van der Waals surface area contributed by atoms with Crippen molar-refractivity contribution < 1.29 is 22.8 Å². The van der Waals surface area contributed by atoms with E-state index in [9.17, 15) is 22.8 Å². The fourth-order valence-corrected chi connectivity index (χ4v) is 2.56. The van der Waals surface area contributed by atoms with E-state index in [2.05, 4.69) is 10.3 Å². The molecular formula is C15H20F3N5O2. The van der Waals surface area contributed by atoms with Gasteiger partial charge in [-0.25, -0.2) is 4.98 Å². The van der Waals surface area contributed by atoms with Crippen LogP contribution in [0.5, 0.6) is 0 Å². The van der Waals surface area contributed by atoms with Crippen molar-refractivity contribution in [3.05, 3.63) is 18.3 Å². The zero-order valence-corrected chi connectivity index (χ0v) is 13.5. The molecule has 0 saturated carbocycles. The molecule has 2 amide bonds. The standard InChI is InChI=1S/C15H20F3N5O2/c16-15(17,18)14(25)21-6-5-20-13(24)10-3-7-23(8-4-10)12-2-1-11(19)9-22-12/h1-2,9-10H,3-8,19H2,(H,20,24)(H,21,25). The molecule has 1 aromatic heterocycles. The molecule has 0 aliphatic carbocycles. The molecule has 1 aliphatic heterocycles. The van der Waals surface area contributed by atoms with Gasteiger partial charge in [0, 0.05) is 32.1 Å².